The summed E-state index contributed by atoms with van der Waals surface area (Å²) in [5.41, 5.74) is 6.46. The minimum atomic E-state index is -0.00534. The number of nitrogens with zero attached hydrogens (tertiary/aromatic N) is 2. The minimum Gasteiger partial charge on any atom is -0.366 e. The van der Waals surface area contributed by atoms with Crippen LogP contribution in [0.1, 0.15) is 11.6 Å². The van der Waals surface area contributed by atoms with Gasteiger partial charge < -0.3 is 15.2 Å². The lowest BCUT2D eigenvalue weighted by atomic mass is 9.98. The predicted molar refractivity (Wildman–Crippen MR) is 113 cm³/mol. The number of aromatic nitrogens is 2. The van der Waals surface area contributed by atoms with E-state index in [0.29, 0.717) is 6.54 Å². The number of anilines is 1. The third kappa shape index (κ3) is 3.60. The normalized spacial score (nSPS) is 11.9. The Bertz CT molecular complexity index is 1070. The monoisotopic (exact) mass is 370 g/mol. The van der Waals surface area contributed by atoms with Gasteiger partial charge in [-0.25, -0.2) is 4.98 Å². The fourth-order valence-electron chi connectivity index (χ4n) is 3.52. The molecule has 0 radical (unpaired) electrons. The summed E-state index contributed by atoms with van der Waals surface area (Å²) in [6, 6.07) is 24.9. The van der Waals surface area contributed by atoms with Crippen molar-refractivity contribution in [2.45, 2.75) is 6.04 Å². The molecular weight excluding hydrogens is 348 g/mol. The largest absolute Gasteiger partial charge is 0.366 e. The van der Waals surface area contributed by atoms with Crippen LogP contribution < -0.4 is 10.2 Å². The topological polar surface area (TPSA) is 61.0 Å². The first-order chi connectivity index (χ1) is 13.8. The fraction of sp³-hybridized carbons (Fsp3) is 0.130. The van der Waals surface area contributed by atoms with Crippen LogP contribution in [-0.4, -0.2) is 30.0 Å². The number of likely N-dealkylation sites (N-methyl/N-ethyl adjacent to an activating group) is 1. The van der Waals surface area contributed by atoms with Crippen LogP contribution in [0.3, 0.4) is 0 Å². The number of H-pyrrole nitrogens is 1. The molecule has 4 rings (SSSR count). The summed E-state index contributed by atoms with van der Waals surface area (Å²) in [6.07, 6.45) is 2.45. The van der Waals surface area contributed by atoms with Gasteiger partial charge in [0.1, 0.15) is 0 Å². The highest BCUT2D eigenvalue weighted by Crippen LogP contribution is 2.30. The van der Waals surface area contributed by atoms with Crippen molar-refractivity contribution in [3.63, 3.8) is 0 Å². The zero-order valence-corrected chi connectivity index (χ0v) is 15.7. The van der Waals surface area contributed by atoms with Crippen molar-refractivity contribution in [2.75, 3.05) is 18.5 Å². The molecule has 1 atom stereocenters. The lowest BCUT2D eigenvalue weighted by Gasteiger charge is -2.30. The van der Waals surface area contributed by atoms with Gasteiger partial charge >= 0.3 is 0 Å². The Kier molecular flexibility index (Phi) is 5.06. The Hall–Kier alpha value is -3.60. The Morgan fingerprint density at radius 2 is 1.86 bits per heavy atom. The maximum atomic E-state index is 11.0. The van der Waals surface area contributed by atoms with Crippen molar-refractivity contribution in [1.29, 1.82) is 0 Å². The zero-order chi connectivity index (χ0) is 19.3. The molecule has 0 bridgehead atoms. The summed E-state index contributed by atoms with van der Waals surface area (Å²) in [7, 11) is 2.05. The second kappa shape index (κ2) is 7.96. The molecule has 1 aromatic heterocycles. The number of fused-ring (bicyclic) bond motifs is 1. The van der Waals surface area contributed by atoms with E-state index in [1.165, 1.54) is 5.56 Å². The lowest BCUT2D eigenvalue weighted by Crippen LogP contribution is -2.33. The summed E-state index contributed by atoms with van der Waals surface area (Å²) in [4.78, 5) is 20.6. The van der Waals surface area contributed by atoms with Crippen molar-refractivity contribution in [1.82, 2.24) is 15.3 Å². The molecule has 0 spiro atoms. The third-order valence-corrected chi connectivity index (χ3v) is 5.05. The van der Waals surface area contributed by atoms with Crippen LogP contribution in [-0.2, 0) is 4.79 Å². The summed E-state index contributed by atoms with van der Waals surface area (Å²) < 4.78 is 0. The number of rotatable bonds is 7. The zero-order valence-electron chi connectivity index (χ0n) is 15.7. The molecule has 0 aliphatic heterocycles. The van der Waals surface area contributed by atoms with Crippen LogP contribution in [0.2, 0.25) is 0 Å². The number of carbonyl (C=O) groups excluding carboxylic acids is 1. The number of imidazole rings is 1. The summed E-state index contributed by atoms with van der Waals surface area (Å²) in [5, 5.41) is 2.85. The molecule has 5 heteroatoms. The first kappa shape index (κ1) is 17.8. The van der Waals surface area contributed by atoms with E-state index in [0.717, 1.165) is 34.3 Å². The van der Waals surface area contributed by atoms with E-state index < -0.39 is 0 Å². The molecule has 1 unspecified atom stereocenters. The molecule has 0 saturated carbocycles. The van der Waals surface area contributed by atoms with Crippen molar-refractivity contribution < 1.29 is 4.79 Å². The Labute approximate surface area is 164 Å². The molecule has 28 heavy (non-hydrogen) atoms. The van der Waals surface area contributed by atoms with Crippen LogP contribution in [0.5, 0.6) is 0 Å². The Morgan fingerprint density at radius 1 is 1.04 bits per heavy atom. The second-order valence-corrected chi connectivity index (χ2v) is 6.75. The first-order valence-electron chi connectivity index (χ1n) is 9.24. The van der Waals surface area contributed by atoms with Gasteiger partial charge in [0.25, 0.3) is 0 Å². The minimum absolute atomic E-state index is 0.00534. The lowest BCUT2D eigenvalue weighted by molar-refractivity contribution is -0.109. The smallest absolute Gasteiger partial charge is 0.207 e. The Balaban J connectivity index is 1.70. The van der Waals surface area contributed by atoms with Crippen molar-refractivity contribution in [2.24, 2.45) is 0 Å². The number of aromatic amines is 1. The molecule has 0 fully saturated rings. The van der Waals surface area contributed by atoms with Crippen LogP contribution in [0.25, 0.3) is 22.2 Å². The maximum Gasteiger partial charge on any atom is 0.207 e. The van der Waals surface area contributed by atoms with Crippen LogP contribution in [0.15, 0.2) is 79.1 Å². The number of nitrogens with one attached hydrogen (secondary N) is 2. The van der Waals surface area contributed by atoms with E-state index in [-0.39, 0.29) is 6.04 Å². The molecule has 1 amide bonds. The van der Waals surface area contributed by atoms with Crippen LogP contribution in [0, 0.1) is 0 Å². The van der Waals surface area contributed by atoms with Gasteiger partial charge in [-0.2, -0.15) is 0 Å². The van der Waals surface area contributed by atoms with E-state index in [1.54, 1.807) is 6.33 Å². The van der Waals surface area contributed by atoms with Crippen LogP contribution >= 0.6 is 0 Å². The van der Waals surface area contributed by atoms with E-state index in [4.69, 9.17) is 0 Å². The van der Waals surface area contributed by atoms with Crippen molar-refractivity contribution in [3.8, 4) is 11.1 Å². The van der Waals surface area contributed by atoms with E-state index in [2.05, 4.69) is 68.7 Å². The highest BCUT2D eigenvalue weighted by atomic mass is 16.1. The molecule has 140 valence electrons. The molecule has 5 nitrogen and oxygen atoms in total. The van der Waals surface area contributed by atoms with E-state index in [1.807, 2.05) is 31.3 Å². The maximum absolute atomic E-state index is 11.0. The molecule has 3 aromatic carbocycles. The molecule has 2 N–H and O–H groups in total. The predicted octanol–water partition coefficient (Wildman–Crippen LogP) is 4.15. The molecule has 1 heterocycles. The van der Waals surface area contributed by atoms with Crippen molar-refractivity contribution >= 4 is 23.1 Å². The van der Waals surface area contributed by atoms with E-state index in [9.17, 15) is 4.79 Å². The average molecular weight is 370 g/mol. The number of carbonyl (C=O) groups is 1. The SMILES string of the molecule is CN(c1ccc2nc[nH]c2c1)C(CNC=O)c1cccc(-c2ccccc2)c1. The van der Waals surface area contributed by atoms with Crippen LogP contribution in [0.4, 0.5) is 5.69 Å². The molecule has 4 aromatic rings. The number of hydrogen-bond donors (Lipinski definition) is 2. The summed E-state index contributed by atoms with van der Waals surface area (Å²) in [6.45, 7) is 0.513. The van der Waals surface area contributed by atoms with Gasteiger partial charge in [0, 0.05) is 19.3 Å². The summed E-state index contributed by atoms with van der Waals surface area (Å²) >= 11 is 0. The molecular formula is C23H22N4O. The van der Waals surface area contributed by atoms with Crippen molar-refractivity contribution in [3.05, 3.63) is 84.7 Å². The fourth-order valence-corrected chi connectivity index (χ4v) is 3.52. The molecule has 0 aliphatic rings. The van der Waals surface area contributed by atoms with Gasteiger partial charge in [0.2, 0.25) is 6.41 Å². The Morgan fingerprint density at radius 3 is 2.68 bits per heavy atom. The summed E-state index contributed by atoms with van der Waals surface area (Å²) in [5.74, 6) is 0. The standard InChI is InChI=1S/C23H22N4O/c1-27(20-10-11-21-22(13-20)26-15-25-21)23(14-24-16-28)19-9-5-8-18(12-19)17-6-3-2-4-7-17/h2-13,15-16,23H,14H2,1H3,(H,24,28)(H,25,26). The van der Waals surface area contributed by atoms with Gasteiger partial charge in [0.15, 0.2) is 0 Å². The second-order valence-electron chi connectivity index (χ2n) is 6.75. The quantitative estimate of drug-likeness (QED) is 0.480. The van der Waals surface area contributed by atoms with E-state index >= 15 is 0 Å². The highest BCUT2D eigenvalue weighted by molar-refractivity contribution is 5.79. The van der Waals surface area contributed by atoms with Gasteiger partial charge in [-0.3, -0.25) is 4.79 Å². The van der Waals surface area contributed by atoms with Gasteiger partial charge in [0.05, 0.1) is 23.4 Å². The number of hydrogen-bond acceptors (Lipinski definition) is 3. The molecule has 0 saturated heterocycles. The van der Waals surface area contributed by atoms with Gasteiger partial charge in [-0.1, -0.05) is 48.5 Å². The van der Waals surface area contributed by atoms with Gasteiger partial charge in [-0.05, 0) is 41.0 Å². The number of amides is 1. The third-order valence-electron chi connectivity index (χ3n) is 5.05. The first-order valence-corrected chi connectivity index (χ1v) is 9.24. The number of benzene rings is 3. The van der Waals surface area contributed by atoms with Gasteiger partial charge in [-0.15, -0.1) is 0 Å². The molecule has 0 aliphatic carbocycles. The highest BCUT2D eigenvalue weighted by Gasteiger charge is 2.18. The average Bonchev–Trinajstić information content (AvgIpc) is 3.22.